The molecule has 6 heteroatoms. The van der Waals surface area contributed by atoms with Crippen molar-refractivity contribution < 1.29 is 4.79 Å². The maximum absolute atomic E-state index is 11.0. The fourth-order valence-electron chi connectivity index (χ4n) is 1.85. The number of carbonyl (C=O) groups is 1. The van der Waals surface area contributed by atoms with Gasteiger partial charge in [0.1, 0.15) is 5.69 Å². The van der Waals surface area contributed by atoms with Gasteiger partial charge in [-0.3, -0.25) is 9.89 Å². The van der Waals surface area contributed by atoms with Crippen LogP contribution in [0.2, 0.25) is 5.02 Å². The average molecular weight is 261 g/mol. The molecule has 0 saturated heterocycles. The van der Waals surface area contributed by atoms with E-state index >= 15 is 0 Å². The molecule has 0 aliphatic rings. The van der Waals surface area contributed by atoms with E-state index < -0.39 is 0 Å². The summed E-state index contributed by atoms with van der Waals surface area (Å²) in [6, 6.07) is 7.36. The number of aldehydes is 1. The van der Waals surface area contributed by atoms with E-state index in [0.717, 1.165) is 11.8 Å². The van der Waals surface area contributed by atoms with E-state index in [4.69, 9.17) is 11.6 Å². The SMILES string of the molecule is Cc1nc2nc(-c3ccccc3Cl)[nH]n2c1C=O. The summed E-state index contributed by atoms with van der Waals surface area (Å²) in [6.45, 7) is 1.77. The van der Waals surface area contributed by atoms with Gasteiger partial charge in [-0.15, -0.1) is 0 Å². The number of aryl methyl sites for hydroxylation is 1. The van der Waals surface area contributed by atoms with E-state index in [1.54, 1.807) is 17.5 Å². The van der Waals surface area contributed by atoms with Crippen LogP contribution in [0.15, 0.2) is 24.3 Å². The number of imidazole rings is 1. The van der Waals surface area contributed by atoms with Gasteiger partial charge in [0.25, 0.3) is 5.78 Å². The molecule has 0 aliphatic heterocycles. The number of nitrogens with one attached hydrogen (secondary N) is 1. The third kappa shape index (κ3) is 1.52. The molecular weight excluding hydrogens is 252 g/mol. The monoisotopic (exact) mass is 260 g/mol. The molecule has 2 aromatic heterocycles. The van der Waals surface area contributed by atoms with Crippen molar-refractivity contribution >= 4 is 23.7 Å². The number of aromatic nitrogens is 4. The van der Waals surface area contributed by atoms with Crippen LogP contribution in [0.25, 0.3) is 17.2 Å². The summed E-state index contributed by atoms with van der Waals surface area (Å²) in [4.78, 5) is 19.5. The second kappa shape index (κ2) is 3.96. The zero-order valence-electron chi connectivity index (χ0n) is 9.51. The predicted octanol–water partition coefficient (Wildman–Crippen LogP) is 2.50. The zero-order valence-corrected chi connectivity index (χ0v) is 10.3. The minimum absolute atomic E-state index is 0.463. The summed E-state index contributed by atoms with van der Waals surface area (Å²) in [5.41, 5.74) is 1.89. The topological polar surface area (TPSA) is 63.1 Å². The Kier molecular flexibility index (Phi) is 2.41. The lowest BCUT2D eigenvalue weighted by Crippen LogP contribution is -1.93. The van der Waals surface area contributed by atoms with Crippen LogP contribution in [0.4, 0.5) is 0 Å². The van der Waals surface area contributed by atoms with Crippen molar-refractivity contribution in [2.75, 3.05) is 0 Å². The van der Waals surface area contributed by atoms with Gasteiger partial charge in [0.2, 0.25) is 0 Å². The molecule has 5 nitrogen and oxygen atoms in total. The first-order chi connectivity index (χ1) is 8.70. The van der Waals surface area contributed by atoms with Crippen molar-refractivity contribution in [2.24, 2.45) is 0 Å². The number of H-pyrrole nitrogens is 1. The van der Waals surface area contributed by atoms with Crippen LogP contribution < -0.4 is 0 Å². The second-order valence-corrected chi connectivity index (χ2v) is 4.29. The Bertz CT molecular complexity index is 744. The van der Waals surface area contributed by atoms with E-state index in [9.17, 15) is 4.79 Å². The number of aromatic amines is 1. The minimum Gasteiger partial charge on any atom is -0.296 e. The molecule has 2 heterocycles. The van der Waals surface area contributed by atoms with Crippen molar-refractivity contribution in [3.05, 3.63) is 40.7 Å². The number of nitrogens with zero attached hydrogens (tertiary/aromatic N) is 3. The molecule has 18 heavy (non-hydrogen) atoms. The van der Waals surface area contributed by atoms with Crippen LogP contribution in [-0.4, -0.2) is 25.9 Å². The van der Waals surface area contributed by atoms with Crippen LogP contribution >= 0.6 is 11.6 Å². The molecule has 0 bridgehead atoms. The van der Waals surface area contributed by atoms with Crippen LogP contribution in [0, 0.1) is 6.92 Å². The van der Waals surface area contributed by atoms with Gasteiger partial charge in [0, 0.05) is 5.56 Å². The highest BCUT2D eigenvalue weighted by atomic mass is 35.5. The van der Waals surface area contributed by atoms with Gasteiger partial charge in [-0.05, 0) is 19.1 Å². The Morgan fingerprint density at radius 1 is 1.33 bits per heavy atom. The Morgan fingerprint density at radius 3 is 2.83 bits per heavy atom. The van der Waals surface area contributed by atoms with Gasteiger partial charge in [-0.1, -0.05) is 23.7 Å². The molecule has 1 N–H and O–H groups in total. The largest absolute Gasteiger partial charge is 0.296 e. The Hall–Kier alpha value is -2.14. The normalized spacial score (nSPS) is 11.0. The number of rotatable bonds is 2. The third-order valence-corrected chi connectivity index (χ3v) is 3.08. The standard InChI is InChI=1S/C12H9ClN4O/c1-7-10(6-18)17-12(14-7)15-11(16-17)8-4-2-3-5-9(8)13/h2-6H,1H3,(H,14,15,16). The molecule has 3 aromatic rings. The lowest BCUT2D eigenvalue weighted by Gasteiger charge is -1.98. The highest BCUT2D eigenvalue weighted by Gasteiger charge is 2.14. The minimum atomic E-state index is 0.463. The predicted molar refractivity (Wildman–Crippen MR) is 67.9 cm³/mol. The molecule has 0 atom stereocenters. The van der Waals surface area contributed by atoms with Crippen LogP contribution in [0.3, 0.4) is 0 Å². The number of hydrogen-bond acceptors (Lipinski definition) is 3. The fourth-order valence-corrected chi connectivity index (χ4v) is 2.08. The van der Waals surface area contributed by atoms with Gasteiger partial charge < -0.3 is 0 Å². The molecule has 0 fully saturated rings. The Balaban J connectivity index is 2.24. The summed E-state index contributed by atoms with van der Waals surface area (Å²) in [5, 5.41) is 3.62. The second-order valence-electron chi connectivity index (χ2n) is 3.89. The van der Waals surface area contributed by atoms with E-state index in [0.29, 0.717) is 28.0 Å². The van der Waals surface area contributed by atoms with E-state index in [2.05, 4.69) is 15.1 Å². The van der Waals surface area contributed by atoms with Crippen molar-refractivity contribution in [2.45, 2.75) is 6.92 Å². The van der Waals surface area contributed by atoms with E-state index in [-0.39, 0.29) is 0 Å². The van der Waals surface area contributed by atoms with Crippen LogP contribution in [0.1, 0.15) is 16.2 Å². The first kappa shape index (κ1) is 11.0. The van der Waals surface area contributed by atoms with Crippen molar-refractivity contribution in [3.8, 4) is 11.4 Å². The highest BCUT2D eigenvalue weighted by molar-refractivity contribution is 6.33. The van der Waals surface area contributed by atoms with Gasteiger partial charge >= 0.3 is 0 Å². The Labute approximate surface area is 107 Å². The van der Waals surface area contributed by atoms with Crippen molar-refractivity contribution in [3.63, 3.8) is 0 Å². The van der Waals surface area contributed by atoms with E-state index in [1.807, 2.05) is 18.2 Å². The average Bonchev–Trinajstić information content (AvgIpc) is 2.86. The quantitative estimate of drug-likeness (QED) is 0.720. The van der Waals surface area contributed by atoms with Gasteiger partial charge in [0.05, 0.1) is 10.7 Å². The third-order valence-electron chi connectivity index (χ3n) is 2.75. The first-order valence-corrected chi connectivity index (χ1v) is 5.73. The van der Waals surface area contributed by atoms with Gasteiger partial charge in [-0.25, -0.2) is 9.50 Å². The molecule has 1 aromatic carbocycles. The van der Waals surface area contributed by atoms with Crippen molar-refractivity contribution in [1.82, 2.24) is 19.6 Å². The zero-order chi connectivity index (χ0) is 12.7. The van der Waals surface area contributed by atoms with Gasteiger partial charge in [0.15, 0.2) is 12.1 Å². The summed E-state index contributed by atoms with van der Waals surface area (Å²) in [6.07, 6.45) is 0.754. The summed E-state index contributed by atoms with van der Waals surface area (Å²) >= 11 is 6.10. The summed E-state index contributed by atoms with van der Waals surface area (Å²) in [7, 11) is 0. The fraction of sp³-hybridized carbons (Fsp3) is 0.0833. The number of fused-ring (bicyclic) bond motifs is 1. The molecular formula is C12H9ClN4O. The molecule has 3 rings (SSSR count). The maximum Gasteiger partial charge on any atom is 0.251 e. The first-order valence-electron chi connectivity index (χ1n) is 5.36. The van der Waals surface area contributed by atoms with Crippen molar-refractivity contribution in [1.29, 1.82) is 0 Å². The number of halogens is 1. The number of carbonyl (C=O) groups excluding carboxylic acids is 1. The smallest absolute Gasteiger partial charge is 0.251 e. The molecule has 0 spiro atoms. The lowest BCUT2D eigenvalue weighted by molar-refractivity contribution is 0.111. The summed E-state index contributed by atoms with van der Waals surface area (Å²) in [5.74, 6) is 1.05. The van der Waals surface area contributed by atoms with Crippen LogP contribution in [-0.2, 0) is 0 Å². The van der Waals surface area contributed by atoms with E-state index in [1.165, 1.54) is 0 Å². The number of hydrogen-bond donors (Lipinski definition) is 1. The molecule has 0 aliphatic carbocycles. The Morgan fingerprint density at radius 2 is 2.11 bits per heavy atom. The van der Waals surface area contributed by atoms with Crippen LogP contribution in [0.5, 0.6) is 0 Å². The number of benzene rings is 1. The van der Waals surface area contributed by atoms with Gasteiger partial charge in [-0.2, -0.15) is 4.98 Å². The lowest BCUT2D eigenvalue weighted by atomic mass is 10.2. The summed E-state index contributed by atoms with van der Waals surface area (Å²) < 4.78 is 1.56. The highest BCUT2D eigenvalue weighted by Crippen LogP contribution is 2.25. The molecule has 0 amide bonds. The maximum atomic E-state index is 11.0. The molecule has 0 unspecified atom stereocenters. The molecule has 90 valence electrons. The molecule has 0 saturated carbocycles. The molecule has 0 radical (unpaired) electrons.